The lowest BCUT2D eigenvalue weighted by Crippen LogP contribution is -2.33. The van der Waals surface area contributed by atoms with Gasteiger partial charge in [-0.15, -0.1) is 0 Å². The predicted octanol–water partition coefficient (Wildman–Crippen LogP) is 2.15. The first-order chi connectivity index (χ1) is 8.60. The third-order valence-corrected chi connectivity index (χ3v) is 3.31. The monoisotopic (exact) mass is 268 g/mol. The van der Waals surface area contributed by atoms with Crippen LogP contribution in [0.4, 0.5) is 5.69 Å². The molecule has 0 spiro atoms. The van der Waals surface area contributed by atoms with Crippen molar-refractivity contribution < 1.29 is 9.53 Å². The Labute approximate surface area is 112 Å². The Bertz CT molecular complexity index is 410. The van der Waals surface area contributed by atoms with E-state index < -0.39 is 0 Å². The van der Waals surface area contributed by atoms with Crippen LogP contribution in [0, 0.1) is 0 Å². The van der Waals surface area contributed by atoms with Crippen LogP contribution in [0.1, 0.15) is 23.7 Å². The van der Waals surface area contributed by atoms with Crippen LogP contribution in [0.3, 0.4) is 0 Å². The molecule has 5 heteroatoms. The number of nitrogen functional groups attached to an aromatic ring is 1. The number of hydrogen-bond acceptors (Lipinski definition) is 4. The molecule has 0 aliphatic rings. The van der Waals surface area contributed by atoms with Crippen molar-refractivity contribution in [2.75, 3.05) is 24.9 Å². The molecule has 1 atom stereocenters. The summed E-state index contributed by atoms with van der Waals surface area (Å²) < 4.78 is 5.10. The van der Waals surface area contributed by atoms with Gasteiger partial charge in [0.05, 0.1) is 18.4 Å². The van der Waals surface area contributed by atoms with Gasteiger partial charge < -0.3 is 15.8 Å². The summed E-state index contributed by atoms with van der Waals surface area (Å²) in [6.07, 6.45) is 2.99. The molecule has 0 saturated carbocycles. The van der Waals surface area contributed by atoms with E-state index in [1.807, 2.05) is 6.92 Å². The van der Waals surface area contributed by atoms with Crippen molar-refractivity contribution in [3.8, 4) is 5.75 Å². The predicted molar refractivity (Wildman–Crippen MR) is 77.3 cm³/mol. The third-order valence-electron chi connectivity index (χ3n) is 2.66. The largest absolute Gasteiger partial charge is 0.495 e. The first-order valence-corrected chi connectivity index (χ1v) is 7.21. The smallest absolute Gasteiger partial charge is 0.253 e. The van der Waals surface area contributed by atoms with Crippen molar-refractivity contribution >= 4 is 23.4 Å². The highest BCUT2D eigenvalue weighted by molar-refractivity contribution is 7.98. The number of para-hydroxylation sites is 1. The number of amides is 1. The van der Waals surface area contributed by atoms with Gasteiger partial charge in [0.1, 0.15) is 5.75 Å². The molecule has 18 heavy (non-hydrogen) atoms. The molecule has 1 aromatic rings. The van der Waals surface area contributed by atoms with E-state index >= 15 is 0 Å². The van der Waals surface area contributed by atoms with Crippen molar-refractivity contribution in [3.63, 3.8) is 0 Å². The quantitative estimate of drug-likeness (QED) is 0.776. The first kappa shape index (κ1) is 14.7. The second-order valence-corrected chi connectivity index (χ2v) is 5.06. The fourth-order valence-corrected chi connectivity index (χ4v) is 2.18. The lowest BCUT2D eigenvalue weighted by Gasteiger charge is -2.15. The summed E-state index contributed by atoms with van der Waals surface area (Å²) in [6, 6.07) is 5.34. The summed E-state index contributed by atoms with van der Waals surface area (Å²) in [6.45, 7) is 1.99. The number of ether oxygens (including phenoxy) is 1. The molecule has 1 amide bonds. The van der Waals surface area contributed by atoms with Gasteiger partial charge in [-0.25, -0.2) is 0 Å². The molecule has 0 aliphatic carbocycles. The Morgan fingerprint density at radius 2 is 2.28 bits per heavy atom. The minimum absolute atomic E-state index is 0.135. The van der Waals surface area contributed by atoms with Crippen LogP contribution in [0.15, 0.2) is 18.2 Å². The van der Waals surface area contributed by atoms with Gasteiger partial charge in [-0.1, -0.05) is 6.07 Å². The SMILES string of the molecule is COc1cccc(C(=O)NC(C)CCSC)c1N. The van der Waals surface area contributed by atoms with E-state index in [0.29, 0.717) is 17.0 Å². The number of carbonyl (C=O) groups is 1. The molecule has 0 aliphatic heterocycles. The lowest BCUT2D eigenvalue weighted by molar-refractivity contribution is 0.0940. The van der Waals surface area contributed by atoms with Crippen molar-refractivity contribution in [1.29, 1.82) is 0 Å². The van der Waals surface area contributed by atoms with Gasteiger partial charge in [0.15, 0.2) is 0 Å². The van der Waals surface area contributed by atoms with Crippen LogP contribution in [-0.2, 0) is 0 Å². The van der Waals surface area contributed by atoms with E-state index in [-0.39, 0.29) is 11.9 Å². The van der Waals surface area contributed by atoms with E-state index in [1.165, 1.54) is 7.11 Å². The van der Waals surface area contributed by atoms with Crippen molar-refractivity contribution in [2.45, 2.75) is 19.4 Å². The molecular weight excluding hydrogens is 248 g/mol. The topological polar surface area (TPSA) is 64.3 Å². The molecule has 0 fully saturated rings. The van der Waals surface area contributed by atoms with Crippen LogP contribution in [0.2, 0.25) is 0 Å². The van der Waals surface area contributed by atoms with Crippen LogP contribution in [0.5, 0.6) is 5.75 Å². The van der Waals surface area contributed by atoms with E-state index in [1.54, 1.807) is 30.0 Å². The van der Waals surface area contributed by atoms with Crippen molar-refractivity contribution in [1.82, 2.24) is 5.32 Å². The first-order valence-electron chi connectivity index (χ1n) is 5.82. The standard InChI is InChI=1S/C13H20N2O2S/c1-9(7-8-18-3)15-13(16)10-5-4-6-11(17-2)12(10)14/h4-6,9H,7-8,14H2,1-3H3,(H,15,16). The Kier molecular flexibility index (Phi) is 5.85. The fourth-order valence-electron chi connectivity index (χ4n) is 1.59. The van der Waals surface area contributed by atoms with Crippen molar-refractivity contribution in [2.24, 2.45) is 0 Å². The third kappa shape index (κ3) is 3.84. The maximum atomic E-state index is 12.1. The van der Waals surface area contributed by atoms with Gasteiger partial charge in [-0.3, -0.25) is 4.79 Å². The maximum absolute atomic E-state index is 12.1. The second-order valence-electron chi connectivity index (χ2n) is 4.08. The van der Waals surface area contributed by atoms with Gasteiger partial charge in [-0.2, -0.15) is 11.8 Å². The van der Waals surface area contributed by atoms with Crippen LogP contribution < -0.4 is 15.8 Å². The zero-order valence-electron chi connectivity index (χ0n) is 11.0. The zero-order valence-corrected chi connectivity index (χ0v) is 11.8. The summed E-state index contributed by atoms with van der Waals surface area (Å²) in [5, 5.41) is 2.94. The summed E-state index contributed by atoms with van der Waals surface area (Å²) in [5.74, 6) is 1.40. The highest BCUT2D eigenvalue weighted by Crippen LogP contribution is 2.24. The molecule has 0 bridgehead atoms. The Balaban J connectivity index is 2.72. The van der Waals surface area contributed by atoms with Crippen LogP contribution in [-0.4, -0.2) is 31.1 Å². The van der Waals surface area contributed by atoms with Gasteiger partial charge in [0.2, 0.25) is 0 Å². The number of anilines is 1. The molecule has 1 unspecified atom stereocenters. The average molecular weight is 268 g/mol. The maximum Gasteiger partial charge on any atom is 0.253 e. The van der Waals surface area contributed by atoms with Crippen LogP contribution >= 0.6 is 11.8 Å². The molecule has 1 aromatic carbocycles. The molecule has 0 heterocycles. The molecule has 0 aromatic heterocycles. The number of benzene rings is 1. The molecule has 100 valence electrons. The number of carbonyl (C=O) groups excluding carboxylic acids is 1. The van der Waals surface area contributed by atoms with E-state index in [0.717, 1.165) is 12.2 Å². The number of hydrogen-bond donors (Lipinski definition) is 2. The number of nitrogens with two attached hydrogens (primary N) is 1. The average Bonchev–Trinajstić information content (AvgIpc) is 2.36. The number of methoxy groups -OCH3 is 1. The van der Waals surface area contributed by atoms with E-state index in [2.05, 4.69) is 11.6 Å². The Morgan fingerprint density at radius 3 is 2.89 bits per heavy atom. The summed E-state index contributed by atoms with van der Waals surface area (Å²) in [7, 11) is 1.54. The van der Waals surface area contributed by atoms with E-state index in [4.69, 9.17) is 10.5 Å². The number of nitrogens with one attached hydrogen (secondary N) is 1. The van der Waals surface area contributed by atoms with Gasteiger partial charge >= 0.3 is 0 Å². The van der Waals surface area contributed by atoms with Crippen molar-refractivity contribution in [3.05, 3.63) is 23.8 Å². The summed E-state index contributed by atoms with van der Waals surface area (Å²) >= 11 is 1.77. The molecule has 3 N–H and O–H groups in total. The highest BCUT2D eigenvalue weighted by atomic mass is 32.2. The van der Waals surface area contributed by atoms with Crippen LogP contribution in [0.25, 0.3) is 0 Å². The Morgan fingerprint density at radius 1 is 1.56 bits per heavy atom. The van der Waals surface area contributed by atoms with E-state index in [9.17, 15) is 4.79 Å². The normalized spacial score (nSPS) is 11.9. The molecule has 0 saturated heterocycles. The zero-order chi connectivity index (χ0) is 13.5. The lowest BCUT2D eigenvalue weighted by atomic mass is 10.1. The second kappa shape index (κ2) is 7.16. The molecular formula is C13H20N2O2S. The minimum Gasteiger partial charge on any atom is -0.495 e. The number of rotatable bonds is 6. The van der Waals surface area contributed by atoms with Gasteiger partial charge in [0.25, 0.3) is 5.91 Å². The fraction of sp³-hybridized carbons (Fsp3) is 0.462. The Hall–Kier alpha value is -1.36. The number of thioether (sulfide) groups is 1. The highest BCUT2D eigenvalue weighted by Gasteiger charge is 2.14. The molecule has 0 radical (unpaired) electrons. The summed E-state index contributed by atoms with van der Waals surface area (Å²) in [4.78, 5) is 12.1. The van der Waals surface area contributed by atoms with Gasteiger partial charge in [-0.05, 0) is 37.5 Å². The minimum atomic E-state index is -0.153. The van der Waals surface area contributed by atoms with Gasteiger partial charge in [0, 0.05) is 6.04 Å². The summed E-state index contributed by atoms with van der Waals surface area (Å²) in [5.41, 5.74) is 6.73. The molecule has 1 rings (SSSR count). The molecule has 4 nitrogen and oxygen atoms in total.